The first kappa shape index (κ1) is 19.2. The van der Waals surface area contributed by atoms with Gasteiger partial charge in [0.15, 0.2) is 11.6 Å². The molecular weight excluding hydrogens is 334 g/mol. The number of amides is 1. The molecule has 2 aromatic carbocycles. The van der Waals surface area contributed by atoms with Crippen LogP contribution in [-0.2, 0) is 4.79 Å². The van der Waals surface area contributed by atoms with Crippen molar-refractivity contribution in [2.75, 3.05) is 11.4 Å². The minimum Gasteiger partial charge on any atom is -0.303 e. The Morgan fingerprint density at radius 1 is 1.12 bits per heavy atom. The monoisotopic (exact) mass is 354 g/mol. The smallest absolute Gasteiger partial charge is 0.277 e. The maximum Gasteiger partial charge on any atom is 0.277 e. The zero-order chi connectivity index (χ0) is 19.1. The number of anilines is 1. The first-order valence-electron chi connectivity index (χ1n) is 8.16. The number of rotatable bonds is 3. The van der Waals surface area contributed by atoms with Crippen LogP contribution >= 0.6 is 0 Å². The van der Waals surface area contributed by atoms with Crippen molar-refractivity contribution in [1.29, 1.82) is 0 Å². The van der Waals surface area contributed by atoms with Crippen LogP contribution in [0, 0.1) is 11.6 Å². The van der Waals surface area contributed by atoms with Crippen molar-refractivity contribution in [1.82, 2.24) is 0 Å². The Labute approximate surface area is 152 Å². The average molecular weight is 354 g/mol. The van der Waals surface area contributed by atoms with E-state index in [1.165, 1.54) is 6.07 Å². The number of fused-ring (bicyclic) bond motifs is 1. The fourth-order valence-electron chi connectivity index (χ4n) is 2.45. The molecule has 3 nitrogen and oxygen atoms in total. The molecular formula is C21H20F2N2O. The molecule has 2 aromatic rings. The molecule has 0 fully saturated rings. The number of hydrogen-bond acceptors (Lipinski definition) is 2. The highest BCUT2D eigenvalue weighted by atomic mass is 19.2. The number of aliphatic imine (C=N–C) groups is 1. The number of hydrogen-bond donors (Lipinski definition) is 0. The normalized spacial score (nSPS) is 14.4. The number of nitrogens with zero attached hydrogens (tertiary/aromatic N) is 2. The fourth-order valence-corrected chi connectivity index (χ4v) is 2.45. The van der Waals surface area contributed by atoms with Gasteiger partial charge >= 0.3 is 0 Å². The van der Waals surface area contributed by atoms with Gasteiger partial charge in [-0.1, -0.05) is 36.4 Å². The van der Waals surface area contributed by atoms with Crippen LogP contribution in [0.2, 0.25) is 0 Å². The van der Waals surface area contributed by atoms with Gasteiger partial charge in [-0.25, -0.2) is 13.8 Å². The Hall–Kier alpha value is -3.08. The number of carbonyl (C=O) groups excluding carboxylic acids is 1. The highest BCUT2D eigenvalue weighted by molar-refractivity contribution is 6.54. The first-order chi connectivity index (χ1) is 12.5. The molecule has 0 saturated carbocycles. The molecule has 0 spiro atoms. The SMILES string of the molecule is C/C=C\CN1C(=O)C(=Nc2ccc(F)c(F)c2)c2ccccc21.C=CC. The molecule has 0 radical (unpaired) electrons. The highest BCUT2D eigenvalue weighted by Crippen LogP contribution is 2.30. The van der Waals surface area contributed by atoms with Crippen molar-refractivity contribution >= 4 is 23.0 Å². The lowest BCUT2D eigenvalue weighted by Crippen LogP contribution is -2.30. The van der Waals surface area contributed by atoms with Gasteiger partial charge in [0.2, 0.25) is 0 Å². The minimum absolute atomic E-state index is 0.204. The summed E-state index contributed by atoms with van der Waals surface area (Å²) in [7, 11) is 0. The molecule has 0 atom stereocenters. The number of para-hydroxylation sites is 1. The van der Waals surface area contributed by atoms with Gasteiger partial charge in [0.25, 0.3) is 5.91 Å². The highest BCUT2D eigenvalue weighted by Gasteiger charge is 2.32. The van der Waals surface area contributed by atoms with E-state index in [2.05, 4.69) is 11.6 Å². The van der Waals surface area contributed by atoms with E-state index in [0.29, 0.717) is 12.1 Å². The molecule has 26 heavy (non-hydrogen) atoms. The summed E-state index contributed by atoms with van der Waals surface area (Å²) in [5.74, 6) is -2.19. The van der Waals surface area contributed by atoms with Gasteiger partial charge in [0.1, 0.15) is 5.71 Å². The summed E-state index contributed by atoms with van der Waals surface area (Å²) < 4.78 is 26.4. The van der Waals surface area contributed by atoms with E-state index < -0.39 is 11.6 Å². The van der Waals surface area contributed by atoms with Crippen molar-refractivity contribution in [3.8, 4) is 0 Å². The zero-order valence-corrected chi connectivity index (χ0v) is 14.7. The maximum absolute atomic E-state index is 13.3. The summed E-state index contributed by atoms with van der Waals surface area (Å²) in [5, 5.41) is 0. The Morgan fingerprint density at radius 3 is 2.46 bits per heavy atom. The number of carbonyl (C=O) groups is 1. The molecule has 0 N–H and O–H groups in total. The molecule has 0 bridgehead atoms. The zero-order valence-electron chi connectivity index (χ0n) is 14.7. The lowest BCUT2D eigenvalue weighted by atomic mass is 10.1. The fraction of sp³-hybridized carbons (Fsp3) is 0.143. The Morgan fingerprint density at radius 2 is 1.81 bits per heavy atom. The quantitative estimate of drug-likeness (QED) is 0.697. The van der Waals surface area contributed by atoms with Crippen molar-refractivity contribution in [3.05, 3.63) is 84.5 Å². The molecule has 134 valence electrons. The van der Waals surface area contributed by atoms with Crippen LogP contribution in [-0.4, -0.2) is 18.2 Å². The van der Waals surface area contributed by atoms with Gasteiger partial charge in [-0.15, -0.1) is 6.58 Å². The average Bonchev–Trinajstić information content (AvgIpc) is 2.89. The van der Waals surface area contributed by atoms with Gasteiger partial charge < -0.3 is 4.90 Å². The van der Waals surface area contributed by atoms with E-state index >= 15 is 0 Å². The van der Waals surface area contributed by atoms with Crippen LogP contribution in [0.3, 0.4) is 0 Å². The molecule has 0 aromatic heterocycles. The van der Waals surface area contributed by atoms with Crippen LogP contribution in [0.4, 0.5) is 20.2 Å². The van der Waals surface area contributed by atoms with Gasteiger partial charge in [-0.3, -0.25) is 4.79 Å². The third-order valence-electron chi connectivity index (χ3n) is 3.57. The van der Waals surface area contributed by atoms with Gasteiger partial charge in [-0.2, -0.15) is 0 Å². The van der Waals surface area contributed by atoms with Crippen molar-refractivity contribution in [2.24, 2.45) is 4.99 Å². The molecule has 5 heteroatoms. The second-order valence-electron chi connectivity index (χ2n) is 5.47. The Kier molecular flexibility index (Phi) is 6.55. The van der Waals surface area contributed by atoms with Crippen LogP contribution in [0.15, 0.2) is 72.3 Å². The number of allylic oxidation sites excluding steroid dienone is 2. The lowest BCUT2D eigenvalue weighted by molar-refractivity contribution is -0.112. The topological polar surface area (TPSA) is 32.7 Å². The van der Waals surface area contributed by atoms with Gasteiger partial charge in [0, 0.05) is 18.2 Å². The Balaban J connectivity index is 0.000000758. The van der Waals surface area contributed by atoms with Gasteiger partial charge in [-0.05, 0) is 32.0 Å². The number of halogens is 2. The van der Waals surface area contributed by atoms with Crippen molar-refractivity contribution in [2.45, 2.75) is 13.8 Å². The van der Waals surface area contributed by atoms with Crippen molar-refractivity contribution in [3.63, 3.8) is 0 Å². The summed E-state index contributed by atoms with van der Waals surface area (Å²) in [6.45, 7) is 7.56. The molecule has 1 aliphatic heterocycles. The summed E-state index contributed by atoms with van der Waals surface area (Å²) in [6.07, 6.45) is 5.48. The largest absolute Gasteiger partial charge is 0.303 e. The predicted octanol–water partition coefficient (Wildman–Crippen LogP) is 5.20. The molecule has 0 aliphatic carbocycles. The molecule has 1 heterocycles. The third kappa shape index (κ3) is 4.11. The van der Waals surface area contributed by atoms with Crippen LogP contribution in [0.25, 0.3) is 0 Å². The van der Waals surface area contributed by atoms with Crippen LogP contribution in [0.1, 0.15) is 19.4 Å². The first-order valence-corrected chi connectivity index (χ1v) is 8.16. The van der Waals surface area contributed by atoms with E-state index in [1.54, 1.807) is 17.0 Å². The standard InChI is InChI=1S/C18H14F2N2O.C3H6/c1-2-3-10-22-16-7-5-4-6-13(16)17(18(22)23)21-12-8-9-14(19)15(20)11-12;1-3-2/h2-9,11H,10H2,1H3;3H,1H2,2H3/b3-2-,21-17?;. The second-order valence-corrected chi connectivity index (χ2v) is 5.47. The van der Waals surface area contributed by atoms with Gasteiger partial charge in [0.05, 0.1) is 11.4 Å². The van der Waals surface area contributed by atoms with E-state index in [0.717, 1.165) is 17.8 Å². The summed E-state index contributed by atoms with van der Waals surface area (Å²) in [5.41, 5.74) is 1.88. The van der Waals surface area contributed by atoms with E-state index in [9.17, 15) is 13.6 Å². The van der Waals surface area contributed by atoms with E-state index in [1.807, 2.05) is 44.2 Å². The van der Waals surface area contributed by atoms with Crippen LogP contribution in [0.5, 0.6) is 0 Å². The third-order valence-corrected chi connectivity index (χ3v) is 3.57. The van der Waals surface area contributed by atoms with E-state index in [4.69, 9.17) is 0 Å². The summed E-state index contributed by atoms with van der Waals surface area (Å²) >= 11 is 0. The molecule has 0 saturated heterocycles. The predicted molar refractivity (Wildman–Crippen MR) is 102 cm³/mol. The maximum atomic E-state index is 13.3. The second kappa shape index (κ2) is 8.85. The molecule has 1 amide bonds. The summed E-state index contributed by atoms with van der Waals surface area (Å²) in [4.78, 5) is 18.5. The lowest BCUT2D eigenvalue weighted by Gasteiger charge is -2.13. The Bertz CT molecular complexity index is 872. The molecule has 3 rings (SSSR count). The number of benzene rings is 2. The van der Waals surface area contributed by atoms with E-state index in [-0.39, 0.29) is 17.3 Å². The van der Waals surface area contributed by atoms with Crippen molar-refractivity contribution < 1.29 is 13.6 Å². The molecule has 1 aliphatic rings. The summed E-state index contributed by atoms with van der Waals surface area (Å²) in [6, 6.07) is 10.6. The van der Waals surface area contributed by atoms with Crippen LogP contribution < -0.4 is 4.90 Å². The molecule has 0 unspecified atom stereocenters. The minimum atomic E-state index is -0.989.